The summed E-state index contributed by atoms with van der Waals surface area (Å²) >= 11 is 1.73. The number of aliphatic imine (C=N–C) groups is 1. The molecule has 0 unspecified atom stereocenters. The molecule has 8 heteroatoms. The first-order valence-electron chi connectivity index (χ1n) is 7.78. The van der Waals surface area contributed by atoms with Gasteiger partial charge in [0.05, 0.1) is 6.54 Å². The summed E-state index contributed by atoms with van der Waals surface area (Å²) in [4.78, 5) is 22.7. The number of hydrogen-bond donors (Lipinski definition) is 3. The van der Waals surface area contributed by atoms with E-state index in [-0.39, 0.29) is 5.95 Å². The number of benzene rings is 1. The van der Waals surface area contributed by atoms with Gasteiger partial charge in [0.1, 0.15) is 5.82 Å². The molecule has 0 amide bonds. The van der Waals surface area contributed by atoms with E-state index >= 15 is 0 Å². The summed E-state index contributed by atoms with van der Waals surface area (Å²) in [7, 11) is 0. The fraction of sp³-hybridized carbons (Fsp3) is 0.111. The molecule has 0 bridgehead atoms. The molecule has 0 saturated carbocycles. The van der Waals surface area contributed by atoms with E-state index in [4.69, 9.17) is 15.6 Å². The molecule has 0 spiro atoms. The molecule has 0 aliphatic carbocycles. The second-order valence-corrected chi connectivity index (χ2v) is 6.43. The molecule has 132 valence electrons. The van der Waals surface area contributed by atoms with Crippen LogP contribution in [0.15, 0.2) is 46.9 Å². The van der Waals surface area contributed by atoms with Crippen LogP contribution in [0.3, 0.4) is 0 Å². The average molecular weight is 367 g/mol. The number of rotatable bonds is 3. The van der Waals surface area contributed by atoms with E-state index in [1.54, 1.807) is 23.6 Å². The first kappa shape index (κ1) is 17.6. The summed E-state index contributed by atoms with van der Waals surface area (Å²) in [6, 6.07) is 10.2. The third-order valence-electron chi connectivity index (χ3n) is 3.50. The lowest BCUT2D eigenvalue weighted by Gasteiger charge is -2.11. The summed E-state index contributed by atoms with van der Waals surface area (Å²) in [6.07, 6.45) is 3.56. The number of carboxylic acid groups (broad SMARTS) is 1. The minimum Gasteiger partial charge on any atom is -0.481 e. The zero-order valence-corrected chi connectivity index (χ0v) is 14.8. The smallest absolute Gasteiger partial charge is 0.300 e. The van der Waals surface area contributed by atoms with Gasteiger partial charge in [-0.15, -0.1) is 11.3 Å². The lowest BCUT2D eigenvalue weighted by atomic mass is 10.0. The Kier molecular flexibility index (Phi) is 5.23. The zero-order chi connectivity index (χ0) is 18.5. The molecular weight excluding hydrogens is 350 g/mol. The maximum atomic E-state index is 9.00. The van der Waals surface area contributed by atoms with Crippen molar-refractivity contribution in [1.29, 1.82) is 0 Å². The van der Waals surface area contributed by atoms with Gasteiger partial charge in [-0.3, -0.25) is 9.79 Å². The number of nitrogens with two attached hydrogens (primary N) is 1. The van der Waals surface area contributed by atoms with Gasteiger partial charge in [0.15, 0.2) is 0 Å². The lowest BCUT2D eigenvalue weighted by molar-refractivity contribution is -0.134. The molecule has 4 rings (SSSR count). The number of nitrogens with one attached hydrogen (secondary N) is 1. The average Bonchev–Trinajstić information content (AvgIpc) is 3.25. The number of aliphatic carboxylic acids is 1. The SMILES string of the molecule is CC(=O)O.Nc1nccc(Nc2cc3c(c(-c4cccs4)c2)CN=C3)n1. The first-order valence-corrected chi connectivity index (χ1v) is 8.66. The van der Waals surface area contributed by atoms with Crippen molar-refractivity contribution in [1.82, 2.24) is 9.97 Å². The molecule has 2 aromatic heterocycles. The molecule has 7 nitrogen and oxygen atoms in total. The van der Waals surface area contributed by atoms with Crippen LogP contribution in [0.1, 0.15) is 18.1 Å². The Labute approximate surface area is 154 Å². The Morgan fingerprint density at radius 2 is 2.15 bits per heavy atom. The number of carbonyl (C=O) groups is 1. The number of anilines is 3. The van der Waals surface area contributed by atoms with E-state index in [0.29, 0.717) is 5.82 Å². The van der Waals surface area contributed by atoms with Crippen LogP contribution in [-0.2, 0) is 11.3 Å². The Balaban J connectivity index is 0.000000447. The van der Waals surface area contributed by atoms with E-state index in [1.807, 2.05) is 6.21 Å². The molecule has 0 fully saturated rings. The molecule has 0 radical (unpaired) electrons. The van der Waals surface area contributed by atoms with Crippen molar-refractivity contribution in [3.8, 4) is 10.4 Å². The third kappa shape index (κ3) is 4.22. The maximum Gasteiger partial charge on any atom is 0.300 e. The fourth-order valence-electron chi connectivity index (χ4n) is 2.54. The molecule has 26 heavy (non-hydrogen) atoms. The number of thiophene rings is 1. The molecule has 3 aromatic rings. The van der Waals surface area contributed by atoms with E-state index in [2.05, 4.69) is 49.9 Å². The van der Waals surface area contributed by atoms with Gasteiger partial charge in [0.25, 0.3) is 5.97 Å². The normalized spacial score (nSPS) is 11.4. The van der Waals surface area contributed by atoms with Crippen molar-refractivity contribution in [3.63, 3.8) is 0 Å². The van der Waals surface area contributed by atoms with Crippen molar-refractivity contribution in [2.24, 2.45) is 4.99 Å². The number of fused-ring (bicyclic) bond motifs is 1. The van der Waals surface area contributed by atoms with Gasteiger partial charge in [-0.05, 0) is 40.8 Å². The summed E-state index contributed by atoms with van der Waals surface area (Å²) in [5, 5.41) is 12.8. The largest absolute Gasteiger partial charge is 0.481 e. The van der Waals surface area contributed by atoms with E-state index < -0.39 is 5.97 Å². The van der Waals surface area contributed by atoms with Gasteiger partial charge < -0.3 is 16.2 Å². The second kappa shape index (κ2) is 7.75. The standard InChI is InChI=1S/C16H13N5S.C2H4O2/c17-16-19-4-3-15(21-16)20-11-6-10-8-18-9-13(10)12(7-11)14-2-1-5-22-14;1-2(3)4/h1-8H,9H2,(H3,17,19,20,21);1H3,(H,3,4). The van der Waals surface area contributed by atoms with Crippen molar-refractivity contribution in [3.05, 3.63) is 53.0 Å². The fourth-order valence-corrected chi connectivity index (χ4v) is 3.31. The van der Waals surface area contributed by atoms with Crippen LogP contribution in [0.25, 0.3) is 10.4 Å². The predicted molar refractivity (Wildman–Crippen MR) is 104 cm³/mol. The highest BCUT2D eigenvalue weighted by molar-refractivity contribution is 7.13. The number of nitrogen functional groups attached to an aromatic ring is 1. The third-order valence-corrected chi connectivity index (χ3v) is 4.40. The topological polar surface area (TPSA) is 113 Å². The van der Waals surface area contributed by atoms with Gasteiger partial charge in [0.2, 0.25) is 5.95 Å². The quantitative estimate of drug-likeness (QED) is 0.652. The van der Waals surface area contributed by atoms with Gasteiger partial charge >= 0.3 is 0 Å². The minimum absolute atomic E-state index is 0.256. The molecule has 0 saturated heterocycles. The highest BCUT2D eigenvalue weighted by atomic mass is 32.1. The van der Waals surface area contributed by atoms with Crippen molar-refractivity contribution < 1.29 is 9.90 Å². The highest BCUT2D eigenvalue weighted by Gasteiger charge is 2.15. The van der Waals surface area contributed by atoms with Gasteiger partial charge in [-0.1, -0.05) is 6.07 Å². The molecule has 1 aliphatic rings. The summed E-state index contributed by atoms with van der Waals surface area (Å²) in [6.45, 7) is 1.82. The van der Waals surface area contributed by atoms with Crippen LogP contribution < -0.4 is 11.1 Å². The van der Waals surface area contributed by atoms with E-state index in [1.165, 1.54) is 16.0 Å². The van der Waals surface area contributed by atoms with Crippen LogP contribution in [0, 0.1) is 0 Å². The zero-order valence-electron chi connectivity index (χ0n) is 14.0. The van der Waals surface area contributed by atoms with E-state index in [9.17, 15) is 0 Å². The van der Waals surface area contributed by atoms with Crippen LogP contribution in [0.5, 0.6) is 0 Å². The molecule has 3 heterocycles. The second-order valence-electron chi connectivity index (χ2n) is 5.48. The first-order chi connectivity index (χ1) is 12.5. The molecule has 1 aromatic carbocycles. The van der Waals surface area contributed by atoms with Gasteiger partial charge in [-0.25, -0.2) is 4.98 Å². The molecular formula is C18H17N5O2S. The van der Waals surface area contributed by atoms with Crippen LogP contribution in [-0.4, -0.2) is 27.3 Å². The number of carboxylic acids is 1. The van der Waals surface area contributed by atoms with Crippen LogP contribution in [0.4, 0.5) is 17.5 Å². The summed E-state index contributed by atoms with van der Waals surface area (Å²) < 4.78 is 0. The van der Waals surface area contributed by atoms with Gasteiger partial charge in [-0.2, -0.15) is 4.98 Å². The monoisotopic (exact) mass is 367 g/mol. The van der Waals surface area contributed by atoms with Gasteiger partial charge in [0, 0.05) is 35.5 Å². The minimum atomic E-state index is -0.833. The molecule has 1 aliphatic heterocycles. The Morgan fingerprint density at radius 3 is 2.85 bits per heavy atom. The maximum absolute atomic E-state index is 9.00. The number of aromatic nitrogens is 2. The van der Waals surface area contributed by atoms with Crippen molar-refractivity contribution in [2.45, 2.75) is 13.5 Å². The summed E-state index contributed by atoms with van der Waals surface area (Å²) in [5.74, 6) is 0.103. The number of hydrogen-bond acceptors (Lipinski definition) is 7. The van der Waals surface area contributed by atoms with Crippen molar-refractivity contribution >= 4 is 41.0 Å². The number of nitrogens with zero attached hydrogens (tertiary/aromatic N) is 3. The van der Waals surface area contributed by atoms with E-state index in [0.717, 1.165) is 24.7 Å². The Hall–Kier alpha value is -3.26. The molecule has 4 N–H and O–H groups in total. The Bertz CT molecular complexity index is 950. The predicted octanol–water partition coefficient (Wildman–Crippen LogP) is 3.55. The van der Waals surface area contributed by atoms with Crippen LogP contribution >= 0.6 is 11.3 Å². The molecule has 0 atom stereocenters. The van der Waals surface area contributed by atoms with Crippen LogP contribution in [0.2, 0.25) is 0 Å². The summed E-state index contributed by atoms with van der Waals surface area (Å²) in [5.41, 5.74) is 10.2. The lowest BCUT2D eigenvalue weighted by Crippen LogP contribution is -2.00. The van der Waals surface area contributed by atoms with Crippen molar-refractivity contribution in [2.75, 3.05) is 11.1 Å². The Morgan fingerprint density at radius 1 is 1.35 bits per heavy atom. The highest BCUT2D eigenvalue weighted by Crippen LogP contribution is 2.35.